The van der Waals surface area contributed by atoms with Gasteiger partial charge in [0.1, 0.15) is 0 Å². The Morgan fingerprint density at radius 1 is 1.18 bits per heavy atom. The van der Waals surface area contributed by atoms with Crippen molar-refractivity contribution >= 4 is 0 Å². The summed E-state index contributed by atoms with van der Waals surface area (Å²) in [4.78, 5) is 0. The summed E-state index contributed by atoms with van der Waals surface area (Å²) < 4.78 is 5.59. The van der Waals surface area contributed by atoms with Gasteiger partial charge in [0.05, 0.1) is 6.61 Å². The van der Waals surface area contributed by atoms with Crippen molar-refractivity contribution in [1.29, 1.82) is 0 Å². The quantitative estimate of drug-likeness (QED) is 0.567. The summed E-state index contributed by atoms with van der Waals surface area (Å²) in [5.41, 5.74) is 0.542. The van der Waals surface area contributed by atoms with Crippen LogP contribution in [0.1, 0.15) is 25.7 Å². The van der Waals surface area contributed by atoms with Crippen LogP contribution in [-0.4, -0.2) is 26.3 Å². The SMILES string of the molecule is C1CNCC2(CCC2)COC1. The van der Waals surface area contributed by atoms with E-state index < -0.39 is 0 Å². The first-order valence-corrected chi connectivity index (χ1v) is 4.70. The van der Waals surface area contributed by atoms with E-state index in [1.165, 1.54) is 32.2 Å². The van der Waals surface area contributed by atoms with Gasteiger partial charge in [0.25, 0.3) is 0 Å². The fraction of sp³-hybridized carbons (Fsp3) is 1.00. The van der Waals surface area contributed by atoms with Crippen LogP contribution in [0, 0.1) is 5.41 Å². The van der Waals surface area contributed by atoms with E-state index in [9.17, 15) is 0 Å². The Balaban J connectivity index is 1.86. The van der Waals surface area contributed by atoms with E-state index in [0.717, 1.165) is 19.8 Å². The maximum atomic E-state index is 5.59. The summed E-state index contributed by atoms with van der Waals surface area (Å²) in [6.07, 6.45) is 5.33. The van der Waals surface area contributed by atoms with Crippen LogP contribution in [0.25, 0.3) is 0 Å². The van der Waals surface area contributed by atoms with Crippen molar-refractivity contribution < 1.29 is 4.74 Å². The van der Waals surface area contributed by atoms with Gasteiger partial charge in [0.15, 0.2) is 0 Å². The second-order valence-electron chi connectivity index (χ2n) is 3.94. The fourth-order valence-electron chi connectivity index (χ4n) is 1.99. The lowest BCUT2D eigenvalue weighted by molar-refractivity contribution is -0.0156. The van der Waals surface area contributed by atoms with Crippen molar-refractivity contribution in [1.82, 2.24) is 5.32 Å². The summed E-state index contributed by atoms with van der Waals surface area (Å²) in [7, 11) is 0. The van der Waals surface area contributed by atoms with E-state index >= 15 is 0 Å². The van der Waals surface area contributed by atoms with Crippen LogP contribution in [0.3, 0.4) is 0 Å². The molecule has 2 nitrogen and oxygen atoms in total. The Bertz CT molecular complexity index is 122. The van der Waals surface area contributed by atoms with Gasteiger partial charge < -0.3 is 10.1 Å². The number of hydrogen-bond donors (Lipinski definition) is 1. The van der Waals surface area contributed by atoms with E-state index in [1.807, 2.05) is 0 Å². The summed E-state index contributed by atoms with van der Waals surface area (Å²) in [6, 6.07) is 0. The lowest BCUT2D eigenvalue weighted by Gasteiger charge is -2.42. The lowest BCUT2D eigenvalue weighted by atomic mass is 9.69. The van der Waals surface area contributed by atoms with E-state index in [1.54, 1.807) is 0 Å². The van der Waals surface area contributed by atoms with Crippen molar-refractivity contribution in [2.45, 2.75) is 25.7 Å². The van der Waals surface area contributed by atoms with Crippen LogP contribution in [0.2, 0.25) is 0 Å². The van der Waals surface area contributed by atoms with Crippen molar-refractivity contribution in [2.24, 2.45) is 5.41 Å². The van der Waals surface area contributed by atoms with Crippen LogP contribution in [-0.2, 0) is 4.74 Å². The summed E-state index contributed by atoms with van der Waals surface area (Å²) in [6.45, 7) is 4.28. The standard InChI is InChI=1S/C9H17NO/c1-3-9(4-1)7-10-5-2-6-11-8-9/h10H,1-8H2. The minimum Gasteiger partial charge on any atom is -0.381 e. The maximum Gasteiger partial charge on any atom is 0.0534 e. The highest BCUT2D eigenvalue weighted by Gasteiger charge is 2.37. The molecule has 64 valence electrons. The average molecular weight is 155 g/mol. The Kier molecular flexibility index (Phi) is 2.14. The third-order valence-corrected chi connectivity index (χ3v) is 2.96. The smallest absolute Gasteiger partial charge is 0.0534 e. The zero-order valence-electron chi connectivity index (χ0n) is 7.07. The number of hydrogen-bond acceptors (Lipinski definition) is 2. The molecule has 2 rings (SSSR count). The van der Waals surface area contributed by atoms with Crippen molar-refractivity contribution in [3.63, 3.8) is 0 Å². The molecule has 2 aliphatic rings. The highest BCUT2D eigenvalue weighted by molar-refractivity contribution is 4.90. The Morgan fingerprint density at radius 3 is 2.82 bits per heavy atom. The molecule has 2 fully saturated rings. The summed E-state index contributed by atoms with van der Waals surface area (Å²) in [5.74, 6) is 0. The zero-order valence-corrected chi connectivity index (χ0v) is 7.07. The molecule has 0 unspecified atom stereocenters. The van der Waals surface area contributed by atoms with E-state index in [0.29, 0.717) is 5.41 Å². The van der Waals surface area contributed by atoms with Crippen molar-refractivity contribution in [3.05, 3.63) is 0 Å². The molecule has 0 aromatic carbocycles. The van der Waals surface area contributed by atoms with Gasteiger partial charge in [0, 0.05) is 18.6 Å². The molecule has 0 aromatic rings. The average Bonchev–Trinajstić information content (AvgIpc) is 1.82. The Morgan fingerprint density at radius 2 is 2.09 bits per heavy atom. The van der Waals surface area contributed by atoms with Crippen LogP contribution in [0.5, 0.6) is 0 Å². The highest BCUT2D eigenvalue weighted by Crippen LogP contribution is 2.40. The summed E-state index contributed by atoms with van der Waals surface area (Å²) >= 11 is 0. The largest absolute Gasteiger partial charge is 0.381 e. The van der Waals surface area contributed by atoms with Gasteiger partial charge in [-0.15, -0.1) is 0 Å². The second-order valence-corrected chi connectivity index (χ2v) is 3.94. The van der Waals surface area contributed by atoms with Gasteiger partial charge in [-0.3, -0.25) is 0 Å². The van der Waals surface area contributed by atoms with Gasteiger partial charge in [-0.2, -0.15) is 0 Å². The Labute approximate surface area is 68.3 Å². The third kappa shape index (κ3) is 1.57. The molecule has 1 spiro atoms. The topological polar surface area (TPSA) is 21.3 Å². The Hall–Kier alpha value is -0.0800. The molecular weight excluding hydrogens is 138 g/mol. The predicted octanol–water partition coefficient (Wildman–Crippen LogP) is 1.17. The molecule has 1 aliphatic carbocycles. The monoisotopic (exact) mass is 155 g/mol. The van der Waals surface area contributed by atoms with Gasteiger partial charge in [0.2, 0.25) is 0 Å². The van der Waals surface area contributed by atoms with Crippen molar-refractivity contribution in [3.8, 4) is 0 Å². The minimum absolute atomic E-state index is 0.542. The maximum absolute atomic E-state index is 5.59. The van der Waals surface area contributed by atoms with Gasteiger partial charge >= 0.3 is 0 Å². The van der Waals surface area contributed by atoms with Gasteiger partial charge in [-0.05, 0) is 25.8 Å². The number of ether oxygens (including phenoxy) is 1. The molecule has 1 aliphatic heterocycles. The molecule has 1 saturated carbocycles. The first kappa shape index (κ1) is 7.56. The predicted molar refractivity (Wildman–Crippen MR) is 44.6 cm³/mol. The third-order valence-electron chi connectivity index (χ3n) is 2.96. The number of rotatable bonds is 0. The van der Waals surface area contributed by atoms with Crippen LogP contribution in [0.15, 0.2) is 0 Å². The molecule has 0 radical (unpaired) electrons. The second kappa shape index (κ2) is 3.11. The van der Waals surface area contributed by atoms with Gasteiger partial charge in [-0.25, -0.2) is 0 Å². The van der Waals surface area contributed by atoms with E-state index in [2.05, 4.69) is 5.32 Å². The number of nitrogens with one attached hydrogen (secondary N) is 1. The molecule has 0 bridgehead atoms. The van der Waals surface area contributed by atoms with E-state index in [-0.39, 0.29) is 0 Å². The van der Waals surface area contributed by atoms with Crippen LogP contribution in [0.4, 0.5) is 0 Å². The first-order valence-electron chi connectivity index (χ1n) is 4.70. The lowest BCUT2D eigenvalue weighted by Crippen LogP contribution is -2.45. The van der Waals surface area contributed by atoms with Gasteiger partial charge in [-0.1, -0.05) is 6.42 Å². The highest BCUT2D eigenvalue weighted by atomic mass is 16.5. The molecule has 0 aromatic heterocycles. The fourth-order valence-corrected chi connectivity index (χ4v) is 1.99. The first-order chi connectivity index (χ1) is 5.41. The van der Waals surface area contributed by atoms with Crippen LogP contribution >= 0.6 is 0 Å². The zero-order chi connectivity index (χ0) is 7.57. The molecule has 1 heterocycles. The molecule has 2 heteroatoms. The molecule has 0 amide bonds. The van der Waals surface area contributed by atoms with E-state index in [4.69, 9.17) is 4.74 Å². The van der Waals surface area contributed by atoms with Crippen LogP contribution < -0.4 is 5.32 Å². The molecule has 0 atom stereocenters. The van der Waals surface area contributed by atoms with Crippen molar-refractivity contribution in [2.75, 3.05) is 26.3 Å². The molecule has 1 N–H and O–H groups in total. The normalized spacial score (nSPS) is 30.5. The summed E-state index contributed by atoms with van der Waals surface area (Å²) in [5, 5.41) is 3.50. The minimum atomic E-state index is 0.542. The molecule has 11 heavy (non-hydrogen) atoms. The molecular formula is C9H17NO. The molecule has 1 saturated heterocycles.